The van der Waals surface area contributed by atoms with Crippen molar-refractivity contribution in [3.05, 3.63) is 114 Å². The first-order valence-electron chi connectivity index (χ1n) is 13.4. The summed E-state index contributed by atoms with van der Waals surface area (Å²) in [6.07, 6.45) is 4.21. The summed E-state index contributed by atoms with van der Waals surface area (Å²) in [7, 11) is -3.84. The van der Waals surface area contributed by atoms with Gasteiger partial charge in [-0.05, 0) is 59.4 Å². The van der Waals surface area contributed by atoms with Crippen molar-refractivity contribution >= 4 is 37.6 Å². The highest BCUT2D eigenvalue weighted by Gasteiger charge is 2.40. The van der Waals surface area contributed by atoms with Gasteiger partial charge in [-0.15, -0.1) is 0 Å². The highest BCUT2D eigenvalue weighted by Crippen LogP contribution is 2.33. The summed E-state index contributed by atoms with van der Waals surface area (Å²) in [6, 6.07) is 30.7. The molecule has 0 unspecified atom stereocenters. The van der Waals surface area contributed by atoms with Gasteiger partial charge in [-0.2, -0.15) is 4.31 Å². The zero-order valence-corrected chi connectivity index (χ0v) is 22.5. The number of hydrogen-bond donors (Lipinski definition) is 1. The quantitative estimate of drug-likeness (QED) is 0.247. The van der Waals surface area contributed by atoms with Crippen LogP contribution in [0.25, 0.3) is 21.7 Å². The average molecular weight is 538 g/mol. The van der Waals surface area contributed by atoms with E-state index in [1.165, 1.54) is 4.31 Å². The maximum atomic E-state index is 13.8. The first-order valence-corrected chi connectivity index (χ1v) is 14.8. The van der Waals surface area contributed by atoms with E-state index >= 15 is 0 Å². The Balaban J connectivity index is 1.25. The van der Waals surface area contributed by atoms with Gasteiger partial charge in [0, 0.05) is 36.2 Å². The molecule has 0 atom stereocenters. The maximum Gasteiger partial charge on any atom is 0.243 e. The van der Waals surface area contributed by atoms with E-state index in [0.29, 0.717) is 19.5 Å². The Bertz CT molecular complexity index is 1730. The zero-order valence-electron chi connectivity index (χ0n) is 21.7. The van der Waals surface area contributed by atoms with Gasteiger partial charge in [-0.3, -0.25) is 4.79 Å². The normalized spacial score (nSPS) is 13.8. The number of fused-ring (bicyclic) bond motifs is 2. The van der Waals surface area contributed by atoms with E-state index in [9.17, 15) is 13.2 Å². The van der Waals surface area contributed by atoms with Gasteiger partial charge in [0.2, 0.25) is 15.9 Å². The highest BCUT2D eigenvalue weighted by molar-refractivity contribution is 7.89. The second-order valence-corrected chi connectivity index (χ2v) is 12.1. The van der Waals surface area contributed by atoms with Gasteiger partial charge in [0.15, 0.2) is 0 Å². The lowest BCUT2D eigenvalue weighted by Gasteiger charge is -2.27. The lowest BCUT2D eigenvalue weighted by atomic mass is 10.1. The number of rotatable bonds is 10. The van der Waals surface area contributed by atoms with Crippen LogP contribution in [0.5, 0.6) is 0 Å². The fourth-order valence-corrected chi connectivity index (χ4v) is 6.83. The second kappa shape index (κ2) is 10.7. The summed E-state index contributed by atoms with van der Waals surface area (Å²) in [5.74, 6) is -0.185. The van der Waals surface area contributed by atoms with E-state index in [1.54, 1.807) is 17.0 Å². The van der Waals surface area contributed by atoms with Gasteiger partial charge in [0.1, 0.15) is 0 Å². The molecule has 0 aliphatic heterocycles. The van der Waals surface area contributed by atoms with Crippen molar-refractivity contribution in [1.29, 1.82) is 0 Å². The molecule has 1 aliphatic rings. The number of nitrogens with one attached hydrogen (secondary N) is 1. The number of para-hydroxylation sites is 1. The molecule has 4 aromatic carbocycles. The lowest BCUT2D eigenvalue weighted by molar-refractivity contribution is -0.132. The number of aromatic nitrogens is 1. The molecule has 39 heavy (non-hydrogen) atoms. The van der Waals surface area contributed by atoms with Crippen LogP contribution >= 0.6 is 0 Å². The van der Waals surface area contributed by atoms with Crippen molar-refractivity contribution in [3.63, 3.8) is 0 Å². The molecule has 0 spiro atoms. The number of nitrogens with zero attached hydrogens (tertiary/aromatic N) is 2. The lowest BCUT2D eigenvalue weighted by Crippen LogP contribution is -2.44. The van der Waals surface area contributed by atoms with E-state index in [0.717, 1.165) is 45.6 Å². The molecule has 6 rings (SSSR count). The minimum atomic E-state index is -3.84. The topological polar surface area (TPSA) is 73.5 Å². The van der Waals surface area contributed by atoms with Gasteiger partial charge < -0.3 is 9.88 Å². The van der Waals surface area contributed by atoms with Crippen molar-refractivity contribution < 1.29 is 13.2 Å². The minimum absolute atomic E-state index is 0.141. The first kappa shape index (κ1) is 25.3. The SMILES string of the molecule is O=C(CN(C1CC1)S(=O)(=O)c1ccc2ccccc2c1)N(CCc1c[nH]c2ccccc12)Cc1ccccc1. The minimum Gasteiger partial charge on any atom is -0.361 e. The van der Waals surface area contributed by atoms with Crippen LogP contribution in [0.15, 0.2) is 108 Å². The molecule has 0 radical (unpaired) electrons. The number of aromatic amines is 1. The molecular formula is C32H31N3O3S. The zero-order chi connectivity index (χ0) is 26.8. The van der Waals surface area contributed by atoms with Gasteiger partial charge in [0.05, 0.1) is 11.4 Å². The number of sulfonamides is 1. The standard InChI is InChI=1S/C32H31N3O3S/c36-32(23-35(28-15-16-28)39(37,38)29-17-14-25-10-4-5-11-26(25)20-29)34(22-24-8-2-1-3-9-24)19-18-27-21-33-31-13-7-6-12-30(27)31/h1-14,17,20-21,28,33H,15-16,18-19,22-23H2. The van der Waals surface area contributed by atoms with Crippen molar-refractivity contribution in [3.8, 4) is 0 Å². The van der Waals surface area contributed by atoms with Gasteiger partial charge >= 0.3 is 0 Å². The summed E-state index contributed by atoms with van der Waals surface area (Å²) in [5, 5.41) is 2.99. The highest BCUT2D eigenvalue weighted by atomic mass is 32.2. The van der Waals surface area contributed by atoms with E-state index in [1.807, 2.05) is 85.1 Å². The molecule has 6 nitrogen and oxygen atoms in total. The first-order chi connectivity index (χ1) is 19.0. The summed E-state index contributed by atoms with van der Waals surface area (Å²) in [4.78, 5) is 19.1. The van der Waals surface area contributed by atoms with Crippen molar-refractivity contribution in [2.45, 2.75) is 36.7 Å². The predicted octanol–water partition coefficient (Wildman–Crippen LogP) is 5.75. The molecule has 0 saturated heterocycles. The smallest absolute Gasteiger partial charge is 0.243 e. The number of amides is 1. The van der Waals surface area contributed by atoms with Crippen LogP contribution in [-0.4, -0.2) is 47.6 Å². The Kier molecular flexibility index (Phi) is 6.94. The Morgan fingerprint density at radius 3 is 2.36 bits per heavy atom. The second-order valence-electron chi connectivity index (χ2n) is 10.2. The largest absolute Gasteiger partial charge is 0.361 e. The Morgan fingerprint density at radius 2 is 1.56 bits per heavy atom. The average Bonchev–Trinajstić information content (AvgIpc) is 3.73. The summed E-state index contributed by atoms with van der Waals surface area (Å²) < 4.78 is 29.1. The molecule has 0 bridgehead atoms. The Hall–Kier alpha value is -3.94. The summed E-state index contributed by atoms with van der Waals surface area (Å²) in [6.45, 7) is 0.751. The molecule has 1 aliphatic carbocycles. The molecule has 1 aromatic heterocycles. The van der Waals surface area contributed by atoms with Crippen LogP contribution in [0.2, 0.25) is 0 Å². The summed E-state index contributed by atoms with van der Waals surface area (Å²) in [5.41, 5.74) is 3.22. The van der Waals surface area contributed by atoms with Gasteiger partial charge in [-0.25, -0.2) is 8.42 Å². The molecule has 1 fully saturated rings. The van der Waals surface area contributed by atoms with Crippen molar-refractivity contribution in [2.24, 2.45) is 0 Å². The van der Waals surface area contributed by atoms with Crippen LogP contribution in [0, 0.1) is 0 Å². The fraction of sp³-hybridized carbons (Fsp3) is 0.219. The third-order valence-electron chi connectivity index (χ3n) is 7.47. The maximum absolute atomic E-state index is 13.8. The Labute approximate surface area is 228 Å². The monoisotopic (exact) mass is 537 g/mol. The van der Waals surface area contributed by atoms with E-state index < -0.39 is 10.0 Å². The number of carbonyl (C=O) groups is 1. The number of carbonyl (C=O) groups excluding carboxylic acids is 1. The number of hydrogen-bond acceptors (Lipinski definition) is 3. The molecule has 1 heterocycles. The third-order valence-corrected chi connectivity index (χ3v) is 9.36. The van der Waals surface area contributed by atoms with Crippen LogP contribution in [-0.2, 0) is 27.8 Å². The van der Waals surface area contributed by atoms with Gasteiger partial charge in [-0.1, -0.05) is 78.9 Å². The molecule has 5 aromatic rings. The predicted molar refractivity (Wildman–Crippen MR) is 155 cm³/mol. The van der Waals surface area contributed by atoms with E-state index in [-0.39, 0.29) is 23.4 Å². The summed E-state index contributed by atoms with van der Waals surface area (Å²) >= 11 is 0. The molecular weight excluding hydrogens is 506 g/mol. The van der Waals surface area contributed by atoms with Crippen LogP contribution in [0.1, 0.15) is 24.0 Å². The Morgan fingerprint density at radius 1 is 0.846 bits per heavy atom. The number of H-pyrrole nitrogens is 1. The molecule has 1 saturated carbocycles. The van der Waals surface area contributed by atoms with E-state index in [4.69, 9.17) is 0 Å². The van der Waals surface area contributed by atoms with Gasteiger partial charge in [0.25, 0.3) is 0 Å². The molecule has 1 N–H and O–H groups in total. The van der Waals surface area contributed by atoms with Crippen molar-refractivity contribution in [2.75, 3.05) is 13.1 Å². The van der Waals surface area contributed by atoms with Crippen LogP contribution in [0.4, 0.5) is 0 Å². The molecule has 1 amide bonds. The third kappa shape index (κ3) is 5.46. The molecule has 198 valence electrons. The van der Waals surface area contributed by atoms with Crippen LogP contribution < -0.4 is 0 Å². The molecule has 7 heteroatoms. The van der Waals surface area contributed by atoms with Crippen LogP contribution in [0.3, 0.4) is 0 Å². The van der Waals surface area contributed by atoms with Crippen molar-refractivity contribution in [1.82, 2.24) is 14.2 Å². The number of benzene rings is 4. The van der Waals surface area contributed by atoms with E-state index in [2.05, 4.69) is 11.1 Å². The fourth-order valence-electron chi connectivity index (χ4n) is 5.16.